The molecule has 0 bridgehead atoms. The number of nitrogens with one attached hydrogen (secondary N) is 1. The normalized spacial score (nSPS) is 29.0. The number of fused-ring (bicyclic) bond motifs is 1. The van der Waals surface area contributed by atoms with Gasteiger partial charge in [-0.3, -0.25) is 9.69 Å². The summed E-state index contributed by atoms with van der Waals surface area (Å²) in [5.74, 6) is 0.634. The molecule has 4 nitrogen and oxygen atoms in total. The molecule has 0 spiro atoms. The van der Waals surface area contributed by atoms with Crippen LogP contribution in [-0.4, -0.2) is 36.6 Å². The number of nitrogens with zero attached hydrogens (tertiary/aromatic N) is 1. The Kier molecular flexibility index (Phi) is 4.00. The fourth-order valence-corrected chi connectivity index (χ4v) is 4.53. The fraction of sp³-hybridized carbons (Fsp3) is 0.611. The Morgan fingerprint density at radius 3 is 2.95 bits per heavy atom. The molecule has 3 unspecified atom stereocenters. The maximum atomic E-state index is 11.2. The SMILES string of the molecule is CC(=O)Nc1cccc(CN(C)C2C3CCOC3C2(C)C)c1. The number of anilines is 1. The molecule has 0 aromatic heterocycles. The molecule has 0 radical (unpaired) electrons. The molecular formula is C18H26N2O2. The summed E-state index contributed by atoms with van der Waals surface area (Å²) < 4.78 is 5.89. The van der Waals surface area contributed by atoms with Gasteiger partial charge in [-0.15, -0.1) is 0 Å². The van der Waals surface area contributed by atoms with Crippen molar-refractivity contribution in [3.8, 4) is 0 Å². The molecule has 1 amide bonds. The van der Waals surface area contributed by atoms with E-state index < -0.39 is 0 Å². The van der Waals surface area contributed by atoms with E-state index in [4.69, 9.17) is 4.74 Å². The second-order valence-electron chi connectivity index (χ2n) is 7.31. The van der Waals surface area contributed by atoms with Crippen LogP contribution in [0.5, 0.6) is 0 Å². The van der Waals surface area contributed by atoms with E-state index in [2.05, 4.69) is 43.2 Å². The minimum atomic E-state index is -0.0309. The van der Waals surface area contributed by atoms with E-state index in [9.17, 15) is 4.79 Å². The maximum absolute atomic E-state index is 11.2. The molecule has 1 saturated heterocycles. The second kappa shape index (κ2) is 5.67. The summed E-state index contributed by atoms with van der Waals surface area (Å²) in [6.45, 7) is 7.96. The molecule has 3 atom stereocenters. The van der Waals surface area contributed by atoms with Crippen LogP contribution in [0.1, 0.15) is 32.8 Å². The summed E-state index contributed by atoms with van der Waals surface area (Å²) >= 11 is 0. The largest absolute Gasteiger partial charge is 0.377 e. The van der Waals surface area contributed by atoms with Gasteiger partial charge in [0.25, 0.3) is 0 Å². The average Bonchev–Trinajstić information content (AvgIpc) is 2.84. The highest BCUT2D eigenvalue weighted by Crippen LogP contribution is 2.54. The Balaban J connectivity index is 1.69. The first kappa shape index (κ1) is 15.5. The number of hydrogen-bond acceptors (Lipinski definition) is 3. The average molecular weight is 302 g/mol. The molecule has 22 heavy (non-hydrogen) atoms. The first-order chi connectivity index (χ1) is 10.4. The molecule has 1 saturated carbocycles. The van der Waals surface area contributed by atoms with Gasteiger partial charge in [0.15, 0.2) is 0 Å². The molecule has 1 aliphatic carbocycles. The first-order valence-electron chi connectivity index (χ1n) is 8.08. The lowest BCUT2D eigenvalue weighted by Gasteiger charge is -2.58. The van der Waals surface area contributed by atoms with Gasteiger partial charge in [-0.1, -0.05) is 26.0 Å². The van der Waals surface area contributed by atoms with Gasteiger partial charge in [-0.05, 0) is 31.2 Å². The van der Waals surface area contributed by atoms with Crippen molar-refractivity contribution in [1.82, 2.24) is 4.90 Å². The standard InChI is InChI=1S/C18H26N2O2/c1-12(21)19-14-7-5-6-13(10-14)11-20(4)16-15-8-9-22-17(15)18(16,2)3/h5-7,10,15-17H,8-9,11H2,1-4H3,(H,19,21). The van der Waals surface area contributed by atoms with Crippen molar-refractivity contribution < 1.29 is 9.53 Å². The van der Waals surface area contributed by atoms with Gasteiger partial charge in [0.05, 0.1) is 6.10 Å². The van der Waals surface area contributed by atoms with Gasteiger partial charge in [-0.2, -0.15) is 0 Å². The molecule has 1 aliphatic heterocycles. The van der Waals surface area contributed by atoms with E-state index in [0.29, 0.717) is 18.1 Å². The number of amides is 1. The summed E-state index contributed by atoms with van der Waals surface area (Å²) in [5, 5.41) is 2.85. The molecule has 1 heterocycles. The van der Waals surface area contributed by atoms with Crippen LogP contribution < -0.4 is 5.32 Å². The minimum Gasteiger partial charge on any atom is -0.377 e. The van der Waals surface area contributed by atoms with E-state index in [-0.39, 0.29) is 11.3 Å². The molecule has 120 valence electrons. The van der Waals surface area contributed by atoms with Gasteiger partial charge in [0.2, 0.25) is 5.91 Å². The molecule has 1 aromatic carbocycles. The second-order valence-corrected chi connectivity index (χ2v) is 7.31. The molecule has 1 aromatic rings. The van der Waals surface area contributed by atoms with E-state index in [0.717, 1.165) is 18.8 Å². The highest BCUT2D eigenvalue weighted by Gasteiger charge is 2.60. The van der Waals surface area contributed by atoms with Crippen molar-refractivity contribution in [1.29, 1.82) is 0 Å². The summed E-state index contributed by atoms with van der Waals surface area (Å²) in [6, 6.07) is 8.67. The Labute approximate surface area is 132 Å². The number of carbonyl (C=O) groups excluding carboxylic acids is 1. The highest BCUT2D eigenvalue weighted by atomic mass is 16.5. The third-order valence-corrected chi connectivity index (χ3v) is 5.19. The van der Waals surface area contributed by atoms with Crippen LogP contribution in [0.25, 0.3) is 0 Å². The van der Waals surface area contributed by atoms with Crippen molar-refractivity contribution in [2.45, 2.75) is 45.9 Å². The number of hydrogen-bond donors (Lipinski definition) is 1. The Bertz CT molecular complexity index is 570. The first-order valence-corrected chi connectivity index (χ1v) is 8.08. The third kappa shape index (κ3) is 2.66. The smallest absolute Gasteiger partial charge is 0.221 e. The number of ether oxygens (including phenoxy) is 1. The predicted molar refractivity (Wildman–Crippen MR) is 87.6 cm³/mol. The van der Waals surface area contributed by atoms with Crippen LogP contribution in [0.2, 0.25) is 0 Å². The molecule has 2 aliphatic rings. The number of benzene rings is 1. The van der Waals surface area contributed by atoms with Gasteiger partial charge < -0.3 is 10.1 Å². The van der Waals surface area contributed by atoms with Crippen molar-refractivity contribution >= 4 is 11.6 Å². The maximum Gasteiger partial charge on any atom is 0.221 e. The highest BCUT2D eigenvalue weighted by molar-refractivity contribution is 5.88. The number of rotatable bonds is 4. The van der Waals surface area contributed by atoms with Gasteiger partial charge in [0.1, 0.15) is 0 Å². The van der Waals surface area contributed by atoms with Crippen LogP contribution in [0, 0.1) is 11.3 Å². The Morgan fingerprint density at radius 1 is 1.45 bits per heavy atom. The topological polar surface area (TPSA) is 41.6 Å². The summed E-state index contributed by atoms with van der Waals surface area (Å²) in [4.78, 5) is 13.6. The van der Waals surface area contributed by atoms with E-state index in [1.807, 2.05) is 12.1 Å². The zero-order chi connectivity index (χ0) is 15.9. The third-order valence-electron chi connectivity index (χ3n) is 5.19. The van der Waals surface area contributed by atoms with Crippen LogP contribution >= 0.6 is 0 Å². The van der Waals surface area contributed by atoms with Gasteiger partial charge in [0, 0.05) is 43.1 Å². The lowest BCUT2D eigenvalue weighted by Crippen LogP contribution is -2.65. The zero-order valence-corrected chi connectivity index (χ0v) is 13.9. The Morgan fingerprint density at radius 2 is 2.23 bits per heavy atom. The van der Waals surface area contributed by atoms with Crippen molar-refractivity contribution in [3.05, 3.63) is 29.8 Å². The minimum absolute atomic E-state index is 0.0309. The van der Waals surface area contributed by atoms with Crippen molar-refractivity contribution in [2.75, 3.05) is 19.0 Å². The molecule has 2 fully saturated rings. The number of carbonyl (C=O) groups is 1. The molecule has 1 N–H and O–H groups in total. The van der Waals surface area contributed by atoms with Gasteiger partial charge in [-0.25, -0.2) is 0 Å². The molecule has 4 heteroatoms. The van der Waals surface area contributed by atoms with Crippen molar-refractivity contribution in [3.63, 3.8) is 0 Å². The van der Waals surface area contributed by atoms with Crippen LogP contribution in [-0.2, 0) is 16.1 Å². The predicted octanol–water partition coefficient (Wildman–Crippen LogP) is 2.89. The zero-order valence-electron chi connectivity index (χ0n) is 13.9. The van der Waals surface area contributed by atoms with Crippen LogP contribution in [0.15, 0.2) is 24.3 Å². The lowest BCUT2D eigenvalue weighted by molar-refractivity contribution is -0.151. The van der Waals surface area contributed by atoms with Gasteiger partial charge >= 0.3 is 0 Å². The fourth-order valence-electron chi connectivity index (χ4n) is 4.53. The summed E-state index contributed by atoms with van der Waals surface area (Å²) in [6.07, 6.45) is 1.60. The van der Waals surface area contributed by atoms with E-state index in [1.165, 1.54) is 18.9 Å². The van der Waals surface area contributed by atoms with Crippen LogP contribution in [0.3, 0.4) is 0 Å². The summed E-state index contributed by atoms with van der Waals surface area (Å²) in [7, 11) is 2.20. The van der Waals surface area contributed by atoms with Crippen LogP contribution in [0.4, 0.5) is 5.69 Å². The van der Waals surface area contributed by atoms with E-state index in [1.54, 1.807) is 0 Å². The quantitative estimate of drug-likeness (QED) is 0.930. The molecule has 3 rings (SSSR count). The molecular weight excluding hydrogens is 276 g/mol. The van der Waals surface area contributed by atoms with E-state index >= 15 is 0 Å². The summed E-state index contributed by atoms with van der Waals surface area (Å²) in [5.41, 5.74) is 2.31. The lowest BCUT2D eigenvalue weighted by atomic mass is 9.57. The monoisotopic (exact) mass is 302 g/mol. The Hall–Kier alpha value is -1.39. The van der Waals surface area contributed by atoms with Crippen molar-refractivity contribution in [2.24, 2.45) is 11.3 Å².